The largest absolute Gasteiger partial charge is 0.316 e. The van der Waals surface area contributed by atoms with Crippen LogP contribution in [0.4, 0.5) is 8.78 Å². The molecule has 112 valence electrons. The minimum Gasteiger partial charge on any atom is -0.316 e. The molecule has 0 amide bonds. The molecule has 1 heterocycles. The number of hydrogen-bond donors (Lipinski definition) is 1. The highest BCUT2D eigenvalue weighted by Gasteiger charge is 2.17. The van der Waals surface area contributed by atoms with Gasteiger partial charge in [-0.3, -0.25) is 0 Å². The standard InChI is InChI=1S/C17H17F2N.ClH/c1-11-10-20-8-7-12-5-6-13(9-15(11)12)14-3-2-4-16(18)17(14)19;/h2-6,9,11,20H,7-8,10H2,1H3;1H/t11-;/m0./s1. The van der Waals surface area contributed by atoms with E-state index in [9.17, 15) is 8.78 Å². The first kappa shape index (κ1) is 15.9. The van der Waals surface area contributed by atoms with Gasteiger partial charge >= 0.3 is 0 Å². The summed E-state index contributed by atoms with van der Waals surface area (Å²) in [4.78, 5) is 0. The second-order valence-electron chi connectivity index (χ2n) is 5.37. The fourth-order valence-corrected chi connectivity index (χ4v) is 2.83. The zero-order chi connectivity index (χ0) is 14.1. The lowest BCUT2D eigenvalue weighted by Gasteiger charge is -2.14. The molecule has 0 saturated heterocycles. The van der Waals surface area contributed by atoms with E-state index >= 15 is 0 Å². The van der Waals surface area contributed by atoms with Crippen LogP contribution in [0.15, 0.2) is 36.4 Å². The third-order valence-electron chi connectivity index (χ3n) is 3.96. The molecule has 4 heteroatoms. The van der Waals surface area contributed by atoms with Crippen LogP contribution in [0, 0.1) is 11.6 Å². The molecule has 3 rings (SSSR count). The van der Waals surface area contributed by atoms with Crippen molar-refractivity contribution in [3.8, 4) is 11.1 Å². The average Bonchev–Trinajstić information content (AvgIpc) is 2.64. The van der Waals surface area contributed by atoms with Gasteiger partial charge in [-0.15, -0.1) is 12.4 Å². The van der Waals surface area contributed by atoms with Crippen molar-refractivity contribution in [2.75, 3.05) is 13.1 Å². The van der Waals surface area contributed by atoms with Gasteiger partial charge in [0.2, 0.25) is 0 Å². The monoisotopic (exact) mass is 309 g/mol. The van der Waals surface area contributed by atoms with Gasteiger partial charge in [0, 0.05) is 12.1 Å². The summed E-state index contributed by atoms with van der Waals surface area (Å²) in [6.07, 6.45) is 0.978. The lowest BCUT2D eigenvalue weighted by Crippen LogP contribution is -2.18. The molecule has 1 N–H and O–H groups in total. The van der Waals surface area contributed by atoms with Crippen molar-refractivity contribution in [3.63, 3.8) is 0 Å². The first-order valence-corrected chi connectivity index (χ1v) is 6.94. The highest BCUT2D eigenvalue weighted by Crippen LogP contribution is 2.30. The zero-order valence-corrected chi connectivity index (χ0v) is 12.6. The minimum absolute atomic E-state index is 0. The second kappa shape index (κ2) is 6.54. The van der Waals surface area contributed by atoms with Crippen molar-refractivity contribution in [1.29, 1.82) is 0 Å². The fraction of sp³-hybridized carbons (Fsp3) is 0.294. The van der Waals surface area contributed by atoms with Gasteiger partial charge in [-0.05, 0) is 41.6 Å². The van der Waals surface area contributed by atoms with E-state index in [2.05, 4.69) is 12.2 Å². The summed E-state index contributed by atoms with van der Waals surface area (Å²) in [6, 6.07) is 10.2. The van der Waals surface area contributed by atoms with E-state index in [1.165, 1.54) is 11.1 Å². The number of rotatable bonds is 1. The number of benzene rings is 2. The number of nitrogens with one attached hydrogen (secondary N) is 1. The molecule has 0 aromatic heterocycles. The van der Waals surface area contributed by atoms with Gasteiger partial charge in [-0.2, -0.15) is 0 Å². The Morgan fingerprint density at radius 3 is 2.76 bits per heavy atom. The third kappa shape index (κ3) is 3.09. The van der Waals surface area contributed by atoms with Gasteiger partial charge in [0.05, 0.1) is 0 Å². The van der Waals surface area contributed by atoms with E-state index in [-0.39, 0.29) is 12.4 Å². The van der Waals surface area contributed by atoms with E-state index < -0.39 is 11.6 Å². The summed E-state index contributed by atoms with van der Waals surface area (Å²) in [5.74, 6) is -1.19. The van der Waals surface area contributed by atoms with Crippen molar-refractivity contribution in [3.05, 3.63) is 59.2 Å². The number of halogens is 3. The van der Waals surface area contributed by atoms with Crippen molar-refractivity contribution in [1.82, 2.24) is 5.32 Å². The fourth-order valence-electron chi connectivity index (χ4n) is 2.83. The molecule has 0 unspecified atom stereocenters. The minimum atomic E-state index is -0.799. The summed E-state index contributed by atoms with van der Waals surface area (Å²) in [5.41, 5.74) is 3.60. The Balaban J connectivity index is 0.00000161. The first-order chi connectivity index (χ1) is 9.66. The number of hydrogen-bond acceptors (Lipinski definition) is 1. The van der Waals surface area contributed by atoms with Crippen LogP contribution in [0.25, 0.3) is 11.1 Å². The Hall–Kier alpha value is -1.45. The molecule has 0 spiro atoms. The predicted octanol–water partition coefficient (Wildman–Crippen LogP) is 4.30. The van der Waals surface area contributed by atoms with Crippen LogP contribution in [0.1, 0.15) is 24.0 Å². The van der Waals surface area contributed by atoms with E-state index in [1.807, 2.05) is 18.2 Å². The van der Waals surface area contributed by atoms with Crippen LogP contribution in [-0.2, 0) is 6.42 Å². The lowest BCUT2D eigenvalue weighted by molar-refractivity contribution is 0.511. The lowest BCUT2D eigenvalue weighted by atomic mass is 9.91. The van der Waals surface area contributed by atoms with E-state index in [0.29, 0.717) is 11.5 Å². The smallest absolute Gasteiger partial charge is 0.166 e. The Bertz CT molecular complexity index is 643. The zero-order valence-electron chi connectivity index (χ0n) is 11.8. The van der Waals surface area contributed by atoms with Gasteiger partial charge in [-0.25, -0.2) is 8.78 Å². The first-order valence-electron chi connectivity index (χ1n) is 6.94. The maximum absolute atomic E-state index is 13.9. The molecule has 1 aliphatic rings. The molecule has 0 bridgehead atoms. The van der Waals surface area contributed by atoms with Gasteiger partial charge in [-0.1, -0.05) is 37.3 Å². The molecule has 2 aromatic carbocycles. The van der Waals surface area contributed by atoms with Gasteiger partial charge in [0.15, 0.2) is 11.6 Å². The molecule has 1 nitrogen and oxygen atoms in total. The normalized spacial score (nSPS) is 17.6. The van der Waals surface area contributed by atoms with E-state index in [4.69, 9.17) is 0 Å². The molecular formula is C17H18ClF2N. The van der Waals surface area contributed by atoms with Crippen LogP contribution in [0.5, 0.6) is 0 Å². The maximum Gasteiger partial charge on any atom is 0.166 e. The predicted molar refractivity (Wildman–Crippen MR) is 84.0 cm³/mol. The topological polar surface area (TPSA) is 12.0 Å². The Morgan fingerprint density at radius 1 is 1.14 bits per heavy atom. The summed E-state index contributed by atoms with van der Waals surface area (Å²) < 4.78 is 27.3. The summed E-state index contributed by atoms with van der Waals surface area (Å²) in [6.45, 7) is 4.04. The maximum atomic E-state index is 13.9. The Morgan fingerprint density at radius 2 is 1.95 bits per heavy atom. The van der Waals surface area contributed by atoms with E-state index in [1.54, 1.807) is 12.1 Å². The van der Waals surface area contributed by atoms with Crippen LogP contribution in [-0.4, -0.2) is 13.1 Å². The molecular weight excluding hydrogens is 292 g/mol. The highest BCUT2D eigenvalue weighted by atomic mass is 35.5. The van der Waals surface area contributed by atoms with Gasteiger partial charge < -0.3 is 5.32 Å². The molecule has 2 aromatic rings. The van der Waals surface area contributed by atoms with Crippen molar-refractivity contribution < 1.29 is 8.78 Å². The third-order valence-corrected chi connectivity index (χ3v) is 3.96. The quantitative estimate of drug-likeness (QED) is 0.828. The van der Waals surface area contributed by atoms with Crippen LogP contribution < -0.4 is 5.32 Å². The van der Waals surface area contributed by atoms with Crippen LogP contribution in [0.3, 0.4) is 0 Å². The molecule has 0 fully saturated rings. The van der Waals surface area contributed by atoms with Crippen LogP contribution in [0.2, 0.25) is 0 Å². The second-order valence-corrected chi connectivity index (χ2v) is 5.37. The van der Waals surface area contributed by atoms with Crippen LogP contribution >= 0.6 is 12.4 Å². The van der Waals surface area contributed by atoms with Gasteiger partial charge in [0.1, 0.15) is 0 Å². The van der Waals surface area contributed by atoms with Crippen molar-refractivity contribution in [2.24, 2.45) is 0 Å². The molecule has 1 aliphatic heterocycles. The van der Waals surface area contributed by atoms with Crippen molar-refractivity contribution in [2.45, 2.75) is 19.3 Å². The highest BCUT2D eigenvalue weighted by molar-refractivity contribution is 5.85. The summed E-state index contributed by atoms with van der Waals surface area (Å²) in [5, 5.41) is 3.39. The molecule has 0 radical (unpaired) electrons. The summed E-state index contributed by atoms with van der Waals surface area (Å²) >= 11 is 0. The number of fused-ring (bicyclic) bond motifs is 1. The molecule has 0 aliphatic carbocycles. The van der Waals surface area contributed by atoms with E-state index in [0.717, 1.165) is 31.1 Å². The van der Waals surface area contributed by atoms with Gasteiger partial charge in [0.25, 0.3) is 0 Å². The van der Waals surface area contributed by atoms with Crippen molar-refractivity contribution >= 4 is 12.4 Å². The summed E-state index contributed by atoms with van der Waals surface area (Å²) in [7, 11) is 0. The molecule has 21 heavy (non-hydrogen) atoms. The average molecular weight is 310 g/mol. The molecule has 0 saturated carbocycles. The molecule has 1 atom stereocenters. The SMILES string of the molecule is C[C@H]1CNCCc2ccc(-c3cccc(F)c3F)cc21.Cl. The Kier molecular flexibility index (Phi) is 4.96. The Labute approximate surface area is 129 Å².